The predicted octanol–water partition coefficient (Wildman–Crippen LogP) is 1.05. The van der Waals surface area contributed by atoms with Gasteiger partial charge in [-0.25, -0.2) is 0 Å². The lowest BCUT2D eigenvalue weighted by Crippen LogP contribution is -2.26. The van der Waals surface area contributed by atoms with Crippen LogP contribution in [0, 0.1) is 0 Å². The summed E-state index contributed by atoms with van der Waals surface area (Å²) in [7, 11) is 3.57. The zero-order chi connectivity index (χ0) is 11.1. The average molecular weight is 230 g/mol. The average Bonchev–Trinajstić information content (AvgIpc) is 2.71. The van der Waals surface area contributed by atoms with Crippen LogP contribution in [-0.4, -0.2) is 49.0 Å². The minimum atomic E-state index is 0.755. The lowest BCUT2D eigenvalue weighted by molar-refractivity contribution is 0.147. The standard InChI is InChI=1S/C9H18N4OS/c1-4-13(5-6-14-3)7-8-11-12-9(10-2)15-8/h4-7H2,1-3H3,(H,10,12). The van der Waals surface area contributed by atoms with E-state index in [0.29, 0.717) is 0 Å². The summed E-state index contributed by atoms with van der Waals surface area (Å²) in [5.74, 6) is 0. The highest BCUT2D eigenvalue weighted by molar-refractivity contribution is 7.15. The molecule has 0 bridgehead atoms. The Morgan fingerprint density at radius 1 is 1.47 bits per heavy atom. The SMILES string of the molecule is CCN(CCOC)Cc1nnc(NC)s1. The molecule has 1 aromatic heterocycles. The molecular weight excluding hydrogens is 212 g/mol. The first-order valence-corrected chi connectivity index (χ1v) is 5.83. The lowest BCUT2D eigenvalue weighted by atomic mass is 10.5. The van der Waals surface area contributed by atoms with Crippen molar-refractivity contribution in [1.82, 2.24) is 15.1 Å². The topological polar surface area (TPSA) is 50.3 Å². The van der Waals surface area contributed by atoms with Gasteiger partial charge in [-0.2, -0.15) is 0 Å². The van der Waals surface area contributed by atoms with Gasteiger partial charge < -0.3 is 10.1 Å². The minimum absolute atomic E-state index is 0.755. The van der Waals surface area contributed by atoms with E-state index in [1.165, 1.54) is 0 Å². The number of methoxy groups -OCH3 is 1. The van der Waals surface area contributed by atoms with Crippen LogP contribution in [0.25, 0.3) is 0 Å². The van der Waals surface area contributed by atoms with Crippen molar-refractivity contribution in [3.8, 4) is 0 Å². The molecule has 0 spiro atoms. The van der Waals surface area contributed by atoms with Crippen molar-refractivity contribution in [1.29, 1.82) is 0 Å². The first-order chi connectivity index (χ1) is 7.30. The van der Waals surface area contributed by atoms with E-state index in [4.69, 9.17) is 4.74 Å². The molecule has 0 aromatic carbocycles. The van der Waals surface area contributed by atoms with Gasteiger partial charge in [-0.15, -0.1) is 10.2 Å². The summed E-state index contributed by atoms with van der Waals surface area (Å²) in [6.07, 6.45) is 0. The second-order valence-corrected chi connectivity index (χ2v) is 4.17. The summed E-state index contributed by atoms with van der Waals surface area (Å²) < 4.78 is 5.05. The highest BCUT2D eigenvalue weighted by Crippen LogP contribution is 2.15. The molecule has 6 heteroatoms. The molecule has 1 rings (SSSR count). The Kier molecular flexibility index (Phi) is 5.52. The molecule has 0 unspecified atom stereocenters. The van der Waals surface area contributed by atoms with Crippen molar-refractivity contribution >= 4 is 16.5 Å². The predicted molar refractivity (Wildman–Crippen MR) is 62.3 cm³/mol. The van der Waals surface area contributed by atoms with E-state index < -0.39 is 0 Å². The number of anilines is 1. The monoisotopic (exact) mass is 230 g/mol. The zero-order valence-electron chi connectivity index (χ0n) is 9.49. The van der Waals surface area contributed by atoms with Crippen molar-refractivity contribution in [3.63, 3.8) is 0 Å². The van der Waals surface area contributed by atoms with Crippen molar-refractivity contribution in [3.05, 3.63) is 5.01 Å². The summed E-state index contributed by atoms with van der Waals surface area (Å²) in [5, 5.41) is 13.0. The Balaban J connectivity index is 2.43. The lowest BCUT2D eigenvalue weighted by Gasteiger charge is -2.17. The van der Waals surface area contributed by atoms with Crippen LogP contribution in [0.5, 0.6) is 0 Å². The van der Waals surface area contributed by atoms with Gasteiger partial charge in [-0.1, -0.05) is 18.3 Å². The Morgan fingerprint density at radius 2 is 2.27 bits per heavy atom. The molecule has 0 fully saturated rings. The number of hydrogen-bond donors (Lipinski definition) is 1. The van der Waals surface area contributed by atoms with Gasteiger partial charge in [0.15, 0.2) is 0 Å². The van der Waals surface area contributed by atoms with Crippen LogP contribution in [0.15, 0.2) is 0 Å². The van der Waals surface area contributed by atoms with Gasteiger partial charge in [0.25, 0.3) is 0 Å². The van der Waals surface area contributed by atoms with Crippen molar-refractivity contribution in [2.45, 2.75) is 13.5 Å². The van der Waals surface area contributed by atoms with Crippen molar-refractivity contribution < 1.29 is 4.74 Å². The number of ether oxygens (including phenoxy) is 1. The van der Waals surface area contributed by atoms with Crippen LogP contribution >= 0.6 is 11.3 Å². The molecule has 1 N–H and O–H groups in total. The van der Waals surface area contributed by atoms with Crippen LogP contribution in [0.4, 0.5) is 5.13 Å². The van der Waals surface area contributed by atoms with Gasteiger partial charge in [0.05, 0.1) is 13.2 Å². The Bertz CT molecular complexity index is 279. The number of rotatable bonds is 7. The smallest absolute Gasteiger partial charge is 0.205 e. The molecule has 0 aliphatic rings. The molecule has 86 valence electrons. The van der Waals surface area contributed by atoms with Crippen molar-refractivity contribution in [2.75, 3.05) is 39.2 Å². The zero-order valence-corrected chi connectivity index (χ0v) is 10.3. The maximum atomic E-state index is 5.05. The normalized spacial score (nSPS) is 10.9. The molecule has 1 aromatic rings. The van der Waals surface area contributed by atoms with E-state index in [2.05, 4.69) is 27.3 Å². The molecule has 0 atom stereocenters. The molecule has 0 amide bonds. The summed E-state index contributed by atoms with van der Waals surface area (Å²) in [4.78, 5) is 2.28. The fourth-order valence-corrected chi connectivity index (χ4v) is 1.91. The number of aromatic nitrogens is 2. The quantitative estimate of drug-likeness (QED) is 0.758. The molecule has 5 nitrogen and oxygen atoms in total. The summed E-state index contributed by atoms with van der Waals surface area (Å²) in [6.45, 7) is 5.67. The number of nitrogens with one attached hydrogen (secondary N) is 1. The summed E-state index contributed by atoms with van der Waals surface area (Å²) in [6, 6.07) is 0. The largest absolute Gasteiger partial charge is 0.383 e. The molecule has 1 heterocycles. The third kappa shape index (κ3) is 4.11. The van der Waals surface area contributed by atoms with Crippen molar-refractivity contribution in [2.24, 2.45) is 0 Å². The molecule has 0 aliphatic heterocycles. The molecule has 0 saturated carbocycles. The maximum Gasteiger partial charge on any atom is 0.205 e. The third-order valence-corrected chi connectivity index (χ3v) is 3.02. The van der Waals surface area contributed by atoms with Crippen LogP contribution in [0.2, 0.25) is 0 Å². The molecule has 0 saturated heterocycles. The maximum absolute atomic E-state index is 5.05. The van der Waals surface area contributed by atoms with Gasteiger partial charge in [-0.3, -0.25) is 4.90 Å². The van der Waals surface area contributed by atoms with Gasteiger partial charge in [0.2, 0.25) is 5.13 Å². The van der Waals surface area contributed by atoms with E-state index in [0.717, 1.165) is 36.4 Å². The number of nitrogens with zero attached hydrogens (tertiary/aromatic N) is 3. The van der Waals surface area contributed by atoms with E-state index in [-0.39, 0.29) is 0 Å². The molecule has 0 aliphatic carbocycles. The first-order valence-electron chi connectivity index (χ1n) is 5.01. The number of hydrogen-bond acceptors (Lipinski definition) is 6. The van der Waals surface area contributed by atoms with E-state index >= 15 is 0 Å². The van der Waals surface area contributed by atoms with Gasteiger partial charge in [0, 0.05) is 20.7 Å². The second kappa shape index (κ2) is 6.71. The second-order valence-electron chi connectivity index (χ2n) is 3.11. The van der Waals surface area contributed by atoms with E-state index in [1.54, 1.807) is 18.4 Å². The van der Waals surface area contributed by atoms with Crippen LogP contribution in [0.1, 0.15) is 11.9 Å². The van der Waals surface area contributed by atoms with Gasteiger partial charge in [0.1, 0.15) is 5.01 Å². The molecular formula is C9H18N4OS. The fraction of sp³-hybridized carbons (Fsp3) is 0.778. The third-order valence-electron chi connectivity index (χ3n) is 2.10. The fourth-order valence-electron chi connectivity index (χ4n) is 1.18. The van der Waals surface area contributed by atoms with E-state index in [1.807, 2.05) is 7.05 Å². The summed E-state index contributed by atoms with van der Waals surface area (Å²) >= 11 is 1.59. The summed E-state index contributed by atoms with van der Waals surface area (Å²) in [5.41, 5.74) is 0. The van der Waals surface area contributed by atoms with Crippen LogP contribution in [-0.2, 0) is 11.3 Å². The molecule has 0 radical (unpaired) electrons. The Labute approximate surface area is 94.5 Å². The van der Waals surface area contributed by atoms with Crippen LogP contribution < -0.4 is 5.32 Å². The van der Waals surface area contributed by atoms with Crippen LogP contribution in [0.3, 0.4) is 0 Å². The van der Waals surface area contributed by atoms with E-state index in [9.17, 15) is 0 Å². The number of likely N-dealkylation sites (N-methyl/N-ethyl adjacent to an activating group) is 1. The van der Waals surface area contributed by atoms with Gasteiger partial charge in [-0.05, 0) is 6.54 Å². The minimum Gasteiger partial charge on any atom is -0.383 e. The molecule has 15 heavy (non-hydrogen) atoms. The highest BCUT2D eigenvalue weighted by atomic mass is 32.1. The Hall–Kier alpha value is -0.720. The first kappa shape index (κ1) is 12.4. The van der Waals surface area contributed by atoms with Gasteiger partial charge >= 0.3 is 0 Å². The highest BCUT2D eigenvalue weighted by Gasteiger charge is 2.07. The Morgan fingerprint density at radius 3 is 2.80 bits per heavy atom.